The normalized spacial score (nSPS) is 11.5. The molecule has 6 nitrogen and oxygen atoms in total. The predicted molar refractivity (Wildman–Crippen MR) is 147 cm³/mol. The van der Waals surface area contributed by atoms with Crippen molar-refractivity contribution in [1.29, 1.82) is 0 Å². The molecule has 0 radical (unpaired) electrons. The molecular formula is C28H37N3O3S. The number of carbonyl (C=O) groups excluding carboxylic acids is 1. The molecule has 0 saturated carbocycles. The molecule has 2 rings (SSSR count). The standard InChI is InChI=1S/C24H28N2O2S.C3H6.CH3NO/c1-6-23(21-11-13-22(14-12-21)29(27,28)17(2)3)26-24(19(5)25)15-10-20-9-7-8-18(4)16-20;1-3-2;2-1-3/h7-9,11-14,16-17H,6,25H2,1-5H3;3H,1H2,2H3;1H,(H2,2,3)/b24-19+,26-23?;;. The number of hydrogen-bond donors (Lipinski definition) is 2. The van der Waals surface area contributed by atoms with Crippen LogP contribution in [0.2, 0.25) is 0 Å². The first-order chi connectivity index (χ1) is 16.5. The van der Waals surface area contributed by atoms with Gasteiger partial charge in [-0.15, -0.1) is 6.58 Å². The van der Waals surface area contributed by atoms with Crippen LogP contribution in [-0.2, 0) is 14.6 Å². The Hall–Kier alpha value is -3.63. The SMILES string of the molecule is C=CC.CCC(=N/C(C#Cc1cccc(C)c1)=C(\C)N)c1ccc(S(=O)(=O)C(C)C)cc1.NC=O. The molecule has 0 aromatic heterocycles. The number of sulfone groups is 1. The van der Waals surface area contributed by atoms with Crippen LogP contribution in [-0.4, -0.2) is 25.8 Å². The van der Waals surface area contributed by atoms with Gasteiger partial charge in [-0.3, -0.25) is 4.79 Å². The van der Waals surface area contributed by atoms with Gasteiger partial charge in [0.25, 0.3) is 0 Å². The summed E-state index contributed by atoms with van der Waals surface area (Å²) >= 11 is 0. The van der Waals surface area contributed by atoms with E-state index in [1.54, 1.807) is 51.1 Å². The number of primary amides is 1. The molecule has 0 fully saturated rings. The number of carbonyl (C=O) groups is 1. The fraction of sp³-hybridized carbons (Fsp3) is 0.286. The van der Waals surface area contributed by atoms with Crippen LogP contribution in [0.5, 0.6) is 0 Å². The number of hydrogen-bond acceptors (Lipinski definition) is 5. The Morgan fingerprint density at radius 1 is 1.17 bits per heavy atom. The van der Waals surface area contributed by atoms with Crippen molar-refractivity contribution in [2.24, 2.45) is 16.5 Å². The molecule has 35 heavy (non-hydrogen) atoms. The van der Waals surface area contributed by atoms with Crippen LogP contribution in [0.25, 0.3) is 0 Å². The fourth-order valence-corrected chi connectivity index (χ4v) is 3.72. The van der Waals surface area contributed by atoms with E-state index in [1.165, 1.54) is 0 Å². The van der Waals surface area contributed by atoms with E-state index in [-0.39, 0.29) is 6.41 Å². The van der Waals surface area contributed by atoms with E-state index in [9.17, 15) is 8.42 Å². The first-order valence-electron chi connectivity index (χ1n) is 11.2. The zero-order valence-electron chi connectivity index (χ0n) is 21.5. The molecule has 0 aliphatic rings. The molecule has 0 spiro atoms. The van der Waals surface area contributed by atoms with Crippen molar-refractivity contribution < 1.29 is 13.2 Å². The second-order valence-corrected chi connectivity index (χ2v) is 10.2. The van der Waals surface area contributed by atoms with Gasteiger partial charge in [0.1, 0.15) is 5.70 Å². The van der Waals surface area contributed by atoms with Gasteiger partial charge in [-0.25, -0.2) is 13.4 Å². The number of nitrogens with two attached hydrogens (primary N) is 2. The van der Waals surface area contributed by atoms with Gasteiger partial charge < -0.3 is 11.5 Å². The summed E-state index contributed by atoms with van der Waals surface area (Å²) in [5, 5.41) is -0.459. The van der Waals surface area contributed by atoms with Crippen LogP contribution >= 0.6 is 0 Å². The maximum absolute atomic E-state index is 12.3. The van der Waals surface area contributed by atoms with Gasteiger partial charge >= 0.3 is 0 Å². The van der Waals surface area contributed by atoms with E-state index < -0.39 is 15.1 Å². The Bertz CT molecular complexity index is 1190. The number of nitrogens with zero attached hydrogens (tertiary/aromatic N) is 1. The molecule has 2 aromatic rings. The molecule has 0 bridgehead atoms. The largest absolute Gasteiger partial charge is 0.400 e. The molecule has 1 amide bonds. The highest BCUT2D eigenvalue weighted by Crippen LogP contribution is 2.18. The zero-order chi connectivity index (χ0) is 27.0. The van der Waals surface area contributed by atoms with E-state index in [0.717, 1.165) is 22.4 Å². The predicted octanol–water partition coefficient (Wildman–Crippen LogP) is 4.91. The lowest BCUT2D eigenvalue weighted by atomic mass is 10.1. The van der Waals surface area contributed by atoms with E-state index in [4.69, 9.17) is 10.5 Å². The summed E-state index contributed by atoms with van der Waals surface area (Å²) in [4.78, 5) is 13.6. The van der Waals surface area contributed by atoms with Crippen LogP contribution in [0.4, 0.5) is 0 Å². The van der Waals surface area contributed by atoms with Crippen LogP contribution in [0.15, 0.2) is 82.5 Å². The van der Waals surface area contributed by atoms with Crippen molar-refractivity contribution in [2.75, 3.05) is 0 Å². The summed E-state index contributed by atoms with van der Waals surface area (Å²) in [5.41, 5.74) is 14.9. The number of aryl methyl sites for hydroxylation is 1. The molecule has 0 heterocycles. The van der Waals surface area contributed by atoms with Gasteiger partial charge in [0.05, 0.1) is 10.1 Å². The molecule has 4 N–H and O–H groups in total. The summed E-state index contributed by atoms with van der Waals surface area (Å²) in [6.07, 6.45) is 2.67. The highest BCUT2D eigenvalue weighted by atomic mass is 32.2. The lowest BCUT2D eigenvalue weighted by molar-refractivity contribution is -0.106. The minimum absolute atomic E-state index is 0.250. The topological polar surface area (TPSA) is 116 Å². The zero-order valence-corrected chi connectivity index (χ0v) is 22.3. The Labute approximate surface area is 210 Å². The third kappa shape index (κ3) is 10.9. The molecule has 0 saturated heterocycles. The first kappa shape index (κ1) is 31.4. The van der Waals surface area contributed by atoms with Gasteiger partial charge in [-0.05, 0) is 82.4 Å². The van der Waals surface area contributed by atoms with Crippen molar-refractivity contribution >= 4 is 22.0 Å². The van der Waals surface area contributed by atoms with Gasteiger partial charge in [0.15, 0.2) is 9.84 Å². The van der Waals surface area contributed by atoms with Gasteiger partial charge in [0, 0.05) is 17.0 Å². The highest BCUT2D eigenvalue weighted by molar-refractivity contribution is 7.92. The van der Waals surface area contributed by atoms with Crippen molar-refractivity contribution in [2.45, 2.75) is 58.1 Å². The van der Waals surface area contributed by atoms with E-state index in [1.807, 2.05) is 45.0 Å². The molecule has 188 valence electrons. The smallest absolute Gasteiger partial charge is 0.204 e. The van der Waals surface area contributed by atoms with Crippen molar-refractivity contribution in [3.8, 4) is 11.8 Å². The second kappa shape index (κ2) is 16.1. The third-order valence-electron chi connectivity index (χ3n) is 4.44. The molecule has 2 aromatic carbocycles. The number of amides is 1. The number of rotatable bonds is 5. The van der Waals surface area contributed by atoms with Crippen LogP contribution in [0.3, 0.4) is 0 Å². The van der Waals surface area contributed by atoms with E-state index in [0.29, 0.717) is 22.7 Å². The Balaban J connectivity index is 0.00000174. The molecular weight excluding hydrogens is 458 g/mol. The van der Waals surface area contributed by atoms with Crippen LogP contribution in [0, 0.1) is 18.8 Å². The summed E-state index contributed by atoms with van der Waals surface area (Å²) in [6.45, 7) is 14.4. The Morgan fingerprint density at radius 2 is 1.71 bits per heavy atom. The quantitative estimate of drug-likeness (QED) is 0.265. The van der Waals surface area contributed by atoms with Gasteiger partial charge in [-0.2, -0.15) is 0 Å². The molecule has 0 aliphatic carbocycles. The monoisotopic (exact) mass is 495 g/mol. The molecule has 7 heteroatoms. The van der Waals surface area contributed by atoms with E-state index >= 15 is 0 Å². The maximum Gasteiger partial charge on any atom is 0.204 e. The highest BCUT2D eigenvalue weighted by Gasteiger charge is 2.19. The number of benzene rings is 2. The molecule has 0 atom stereocenters. The van der Waals surface area contributed by atoms with Gasteiger partial charge in [-0.1, -0.05) is 43.2 Å². The summed E-state index contributed by atoms with van der Waals surface area (Å²) in [7, 11) is -3.30. The Kier molecular flexibility index (Phi) is 14.4. The first-order valence-corrected chi connectivity index (χ1v) is 12.7. The fourth-order valence-electron chi connectivity index (χ4n) is 2.66. The average Bonchev–Trinajstić information content (AvgIpc) is 2.80. The van der Waals surface area contributed by atoms with Crippen molar-refractivity contribution in [3.63, 3.8) is 0 Å². The van der Waals surface area contributed by atoms with Crippen molar-refractivity contribution in [1.82, 2.24) is 0 Å². The average molecular weight is 496 g/mol. The Morgan fingerprint density at radius 3 is 2.14 bits per heavy atom. The summed E-state index contributed by atoms with van der Waals surface area (Å²) in [6, 6.07) is 14.8. The van der Waals surface area contributed by atoms with Crippen LogP contribution in [0.1, 0.15) is 57.7 Å². The third-order valence-corrected chi connectivity index (χ3v) is 6.61. The lowest BCUT2D eigenvalue weighted by Gasteiger charge is -2.10. The minimum Gasteiger partial charge on any atom is -0.400 e. The lowest BCUT2D eigenvalue weighted by Crippen LogP contribution is -2.14. The number of allylic oxidation sites excluding steroid dienone is 3. The number of aliphatic imine (C=N–C) groups is 1. The van der Waals surface area contributed by atoms with Crippen molar-refractivity contribution in [3.05, 3.63) is 89.3 Å². The van der Waals surface area contributed by atoms with Gasteiger partial charge in [0.2, 0.25) is 6.41 Å². The maximum atomic E-state index is 12.3. The minimum atomic E-state index is -3.30. The summed E-state index contributed by atoms with van der Waals surface area (Å²) in [5.74, 6) is 6.18. The molecule has 0 aliphatic heterocycles. The van der Waals surface area contributed by atoms with Crippen LogP contribution < -0.4 is 11.5 Å². The molecule has 0 unspecified atom stereocenters. The van der Waals surface area contributed by atoms with E-state index in [2.05, 4.69) is 29.1 Å². The summed E-state index contributed by atoms with van der Waals surface area (Å²) < 4.78 is 24.6. The second-order valence-electron chi connectivity index (χ2n) is 7.73.